The van der Waals surface area contributed by atoms with Crippen molar-refractivity contribution >= 4 is 17.5 Å². The second-order valence-corrected chi connectivity index (χ2v) is 10.4. The molecule has 2 aliphatic rings. The van der Waals surface area contributed by atoms with Crippen LogP contribution in [0.15, 0.2) is 64.6 Å². The number of hydrazone groups is 1. The quantitative estimate of drug-likeness (QED) is 0.442. The molecule has 0 spiro atoms. The summed E-state index contributed by atoms with van der Waals surface area (Å²) in [5.74, 6) is -2.92. The molecule has 2 atom stereocenters. The highest BCUT2D eigenvalue weighted by atomic mass is 19.1. The van der Waals surface area contributed by atoms with Gasteiger partial charge in [-0.15, -0.1) is 0 Å². The fourth-order valence-electron chi connectivity index (χ4n) is 5.22. The molecule has 0 saturated carbocycles. The molecule has 0 aliphatic carbocycles. The van der Waals surface area contributed by atoms with E-state index in [1.165, 1.54) is 12.3 Å². The molecule has 5 rings (SSSR count). The van der Waals surface area contributed by atoms with Crippen LogP contribution in [0.5, 0.6) is 5.75 Å². The maximum Gasteiger partial charge on any atom is 0.274 e. The normalized spacial score (nSPS) is 19.0. The Morgan fingerprint density at radius 3 is 2.61 bits per heavy atom. The first-order chi connectivity index (χ1) is 19.6. The minimum Gasteiger partial charge on any atom is -0.483 e. The zero-order valence-electron chi connectivity index (χ0n) is 23.1. The first-order valence-corrected chi connectivity index (χ1v) is 13.4. The number of amides is 2. The monoisotopic (exact) mass is 563 g/mol. The second kappa shape index (κ2) is 11.5. The number of hydrogen-bond donors (Lipinski definition) is 1. The Morgan fingerprint density at radius 1 is 1.15 bits per heavy atom. The van der Waals surface area contributed by atoms with Gasteiger partial charge in [-0.05, 0) is 31.4 Å². The van der Waals surface area contributed by atoms with E-state index in [-0.39, 0.29) is 47.7 Å². The third kappa shape index (κ3) is 5.70. The maximum absolute atomic E-state index is 14.2. The number of pyridine rings is 1. The molecule has 0 radical (unpaired) electrons. The summed E-state index contributed by atoms with van der Waals surface area (Å²) in [4.78, 5) is 42.7. The standard InChI is InChI=1S/C30H31F2N5O4/c1-18-9-12-24(34-35(2)3)25-16-36(18)30(40)26-28(41-17-19-7-5-4-6-8-19)27(38)22(15-37(25)26)29(39)33-14-20-10-11-21(31)13-23(20)32/h4-8,10-11,13,15,18,25H,9,12,14,16-17H2,1-3H3,(H,33,39). The topological polar surface area (TPSA) is 96.2 Å². The molecule has 1 N–H and O–H groups in total. The van der Waals surface area contributed by atoms with Gasteiger partial charge in [0.15, 0.2) is 11.4 Å². The van der Waals surface area contributed by atoms with E-state index in [2.05, 4.69) is 10.4 Å². The number of nitrogens with zero attached hydrogens (tertiary/aromatic N) is 4. The average Bonchev–Trinajstić information content (AvgIpc) is 3.08. The van der Waals surface area contributed by atoms with Gasteiger partial charge in [-0.2, -0.15) is 5.10 Å². The van der Waals surface area contributed by atoms with Gasteiger partial charge in [0.2, 0.25) is 5.43 Å². The smallest absolute Gasteiger partial charge is 0.274 e. The van der Waals surface area contributed by atoms with Crippen LogP contribution in [0.2, 0.25) is 0 Å². The van der Waals surface area contributed by atoms with Crippen LogP contribution in [-0.4, -0.2) is 58.7 Å². The van der Waals surface area contributed by atoms with E-state index < -0.39 is 29.0 Å². The van der Waals surface area contributed by atoms with E-state index in [1.54, 1.807) is 28.6 Å². The van der Waals surface area contributed by atoms with Crippen molar-refractivity contribution in [3.05, 3.63) is 99.0 Å². The first kappa shape index (κ1) is 28.0. The molecule has 1 fully saturated rings. The molecule has 2 bridgehead atoms. The number of nitrogens with one attached hydrogen (secondary N) is 1. The van der Waals surface area contributed by atoms with E-state index in [1.807, 2.05) is 37.3 Å². The van der Waals surface area contributed by atoms with Gasteiger partial charge in [0, 0.05) is 51.1 Å². The summed E-state index contributed by atoms with van der Waals surface area (Å²) in [6.07, 6.45) is 2.67. The molecule has 3 aromatic rings. The Morgan fingerprint density at radius 2 is 1.90 bits per heavy atom. The SMILES string of the molecule is CC1CCC(=NN(C)C)C2CN1C(=O)c1c(OCc3ccccc3)c(=O)c(C(=O)NCc3ccc(F)cc3F)cn12. The summed E-state index contributed by atoms with van der Waals surface area (Å²) in [5, 5.41) is 8.92. The molecule has 214 valence electrons. The van der Waals surface area contributed by atoms with E-state index in [9.17, 15) is 23.2 Å². The third-order valence-corrected chi connectivity index (χ3v) is 7.35. The minimum absolute atomic E-state index is 0.00108. The number of aromatic nitrogens is 1. The number of halogens is 2. The lowest BCUT2D eigenvalue weighted by atomic mass is 10.0. The summed E-state index contributed by atoms with van der Waals surface area (Å²) in [6, 6.07) is 11.7. The second-order valence-electron chi connectivity index (χ2n) is 10.4. The Bertz CT molecular complexity index is 1570. The minimum atomic E-state index is -0.817. The number of carbonyl (C=O) groups excluding carboxylic acids is 2. The largest absolute Gasteiger partial charge is 0.483 e. The molecule has 1 aromatic heterocycles. The van der Waals surface area contributed by atoms with Crippen molar-refractivity contribution in [3.8, 4) is 5.75 Å². The lowest BCUT2D eigenvalue weighted by molar-refractivity contribution is 0.0616. The molecule has 1 saturated heterocycles. The molecule has 2 amide bonds. The van der Waals surface area contributed by atoms with Crippen molar-refractivity contribution in [2.24, 2.45) is 5.10 Å². The summed E-state index contributed by atoms with van der Waals surface area (Å²) in [5.41, 5.74) is 0.677. The Kier molecular flexibility index (Phi) is 7.87. The van der Waals surface area contributed by atoms with Crippen LogP contribution >= 0.6 is 0 Å². The molecule has 11 heteroatoms. The number of ether oxygens (including phenoxy) is 1. The molecule has 2 unspecified atom stereocenters. The van der Waals surface area contributed by atoms with Crippen LogP contribution in [0.3, 0.4) is 0 Å². The number of benzene rings is 2. The predicted octanol–water partition coefficient (Wildman–Crippen LogP) is 3.73. The summed E-state index contributed by atoms with van der Waals surface area (Å²) >= 11 is 0. The van der Waals surface area contributed by atoms with Gasteiger partial charge in [0.25, 0.3) is 11.8 Å². The van der Waals surface area contributed by atoms with Crippen molar-refractivity contribution < 1.29 is 23.1 Å². The van der Waals surface area contributed by atoms with Gasteiger partial charge in [0.1, 0.15) is 23.8 Å². The molecule has 41 heavy (non-hydrogen) atoms. The van der Waals surface area contributed by atoms with Gasteiger partial charge in [-0.3, -0.25) is 14.4 Å². The summed E-state index contributed by atoms with van der Waals surface area (Å²) < 4.78 is 35.2. The predicted molar refractivity (Wildman–Crippen MR) is 149 cm³/mol. The zero-order chi connectivity index (χ0) is 29.3. The van der Waals surface area contributed by atoms with Gasteiger partial charge < -0.3 is 24.5 Å². The fourth-order valence-corrected chi connectivity index (χ4v) is 5.22. The molecule has 9 nitrogen and oxygen atoms in total. The van der Waals surface area contributed by atoms with Crippen molar-refractivity contribution in [3.63, 3.8) is 0 Å². The lowest BCUT2D eigenvalue weighted by Crippen LogP contribution is -2.49. The van der Waals surface area contributed by atoms with Crippen LogP contribution in [0, 0.1) is 11.6 Å². The fraction of sp³-hybridized carbons (Fsp3) is 0.333. The van der Waals surface area contributed by atoms with Gasteiger partial charge in [-0.25, -0.2) is 8.78 Å². The van der Waals surface area contributed by atoms with E-state index in [0.717, 1.165) is 23.4 Å². The van der Waals surface area contributed by atoms with E-state index in [0.29, 0.717) is 19.4 Å². The van der Waals surface area contributed by atoms with Crippen LogP contribution in [0.4, 0.5) is 8.78 Å². The van der Waals surface area contributed by atoms with E-state index in [4.69, 9.17) is 4.74 Å². The average molecular weight is 564 g/mol. The number of carbonyl (C=O) groups is 2. The van der Waals surface area contributed by atoms with Gasteiger partial charge in [-0.1, -0.05) is 36.4 Å². The summed E-state index contributed by atoms with van der Waals surface area (Å²) in [6.45, 7) is 2.01. The van der Waals surface area contributed by atoms with Crippen molar-refractivity contribution in [1.29, 1.82) is 0 Å². The molecule has 2 aliphatic heterocycles. The third-order valence-electron chi connectivity index (χ3n) is 7.35. The van der Waals surface area contributed by atoms with E-state index >= 15 is 0 Å². The highest BCUT2D eigenvalue weighted by molar-refractivity contribution is 6.02. The van der Waals surface area contributed by atoms with Crippen LogP contribution in [0.1, 0.15) is 57.8 Å². The maximum atomic E-state index is 14.2. The molecular formula is C30H31F2N5O4. The molecule has 2 aromatic carbocycles. The highest BCUT2D eigenvalue weighted by Gasteiger charge is 2.42. The summed E-state index contributed by atoms with van der Waals surface area (Å²) in [7, 11) is 3.61. The van der Waals surface area contributed by atoms with Gasteiger partial charge in [0.05, 0.1) is 11.8 Å². The molecule has 3 heterocycles. The first-order valence-electron chi connectivity index (χ1n) is 13.4. The van der Waals surface area contributed by atoms with Crippen molar-refractivity contribution in [1.82, 2.24) is 19.8 Å². The van der Waals surface area contributed by atoms with Crippen LogP contribution < -0.4 is 15.5 Å². The Hall–Kier alpha value is -4.54. The Labute approximate surface area is 236 Å². The zero-order valence-corrected chi connectivity index (χ0v) is 23.1. The number of fused-ring (bicyclic) bond motifs is 4. The highest BCUT2D eigenvalue weighted by Crippen LogP contribution is 2.34. The molecular weight excluding hydrogens is 532 g/mol. The lowest BCUT2D eigenvalue weighted by Gasteiger charge is -2.37. The van der Waals surface area contributed by atoms with Gasteiger partial charge >= 0.3 is 0 Å². The van der Waals surface area contributed by atoms with Crippen molar-refractivity contribution in [2.45, 2.75) is 45.0 Å². The van der Waals surface area contributed by atoms with Crippen molar-refractivity contribution in [2.75, 3.05) is 20.6 Å². The van der Waals surface area contributed by atoms with Crippen LogP contribution in [-0.2, 0) is 13.2 Å². The Balaban J connectivity index is 1.60. The number of hydrogen-bond acceptors (Lipinski definition) is 6. The van der Waals surface area contributed by atoms with Crippen LogP contribution in [0.25, 0.3) is 0 Å². The number of rotatable bonds is 7.